The highest BCUT2D eigenvalue weighted by Crippen LogP contribution is 2.41. The van der Waals surface area contributed by atoms with E-state index in [1.165, 1.54) is 25.1 Å². The predicted octanol–water partition coefficient (Wildman–Crippen LogP) is 2.51. The molecule has 1 aliphatic carbocycles. The molecule has 33 heavy (non-hydrogen) atoms. The number of primary amides is 1. The first kappa shape index (κ1) is 23.1. The summed E-state index contributed by atoms with van der Waals surface area (Å²) in [6.45, 7) is 5.21. The molecule has 178 valence electrons. The van der Waals surface area contributed by atoms with E-state index >= 15 is 0 Å². The second-order valence-electron chi connectivity index (χ2n) is 8.09. The van der Waals surface area contributed by atoms with Crippen molar-refractivity contribution in [3.8, 4) is 0 Å². The summed E-state index contributed by atoms with van der Waals surface area (Å²) in [7, 11) is 0. The van der Waals surface area contributed by atoms with Crippen LogP contribution in [0.15, 0.2) is 9.57 Å². The zero-order valence-corrected chi connectivity index (χ0v) is 19.6. The Morgan fingerprint density at radius 1 is 1.18 bits per heavy atom. The van der Waals surface area contributed by atoms with Gasteiger partial charge in [0.25, 0.3) is 5.91 Å². The first-order chi connectivity index (χ1) is 15.9. The molecule has 2 fully saturated rings. The lowest BCUT2D eigenvalue weighted by atomic mass is 10.1. The quantitative estimate of drug-likeness (QED) is 0.412. The Balaban J connectivity index is 1.46. The Morgan fingerprint density at radius 2 is 1.91 bits per heavy atom. The van der Waals surface area contributed by atoms with Crippen molar-refractivity contribution in [2.75, 3.05) is 35.7 Å². The molecule has 11 nitrogen and oxygen atoms in total. The van der Waals surface area contributed by atoms with Gasteiger partial charge in [-0.25, -0.2) is 4.79 Å². The number of nitrogens with one attached hydrogen (secondary N) is 1. The fraction of sp³-hybridized carbons (Fsp3) is 0.571. The molecule has 4 rings (SSSR count). The van der Waals surface area contributed by atoms with Gasteiger partial charge in [-0.2, -0.15) is 0 Å². The monoisotopic (exact) mass is 476 g/mol. The van der Waals surface area contributed by atoms with Crippen LogP contribution in [0.25, 0.3) is 0 Å². The van der Waals surface area contributed by atoms with E-state index in [1.54, 1.807) is 6.92 Å². The van der Waals surface area contributed by atoms with E-state index in [9.17, 15) is 14.4 Å². The number of rotatable bonds is 9. The van der Waals surface area contributed by atoms with Gasteiger partial charge in [-0.05, 0) is 46.0 Å². The van der Waals surface area contributed by atoms with Crippen LogP contribution < -0.4 is 16.0 Å². The Morgan fingerprint density at radius 3 is 2.55 bits per heavy atom. The Kier molecular flexibility index (Phi) is 6.91. The van der Waals surface area contributed by atoms with Crippen LogP contribution in [0.1, 0.15) is 71.5 Å². The molecule has 1 aliphatic heterocycles. The second kappa shape index (κ2) is 9.86. The van der Waals surface area contributed by atoms with Crippen LogP contribution >= 0.6 is 11.8 Å². The van der Waals surface area contributed by atoms with Crippen molar-refractivity contribution in [1.29, 1.82) is 0 Å². The van der Waals surface area contributed by atoms with Gasteiger partial charge in [0.2, 0.25) is 17.7 Å². The third-order valence-electron chi connectivity index (χ3n) is 5.59. The molecular weight excluding hydrogens is 448 g/mol. The lowest BCUT2D eigenvalue weighted by Gasteiger charge is -2.27. The molecule has 0 unspecified atom stereocenters. The number of nitrogens with zero attached hydrogens (tertiary/aromatic N) is 4. The van der Waals surface area contributed by atoms with Gasteiger partial charge in [0.05, 0.1) is 12.4 Å². The van der Waals surface area contributed by atoms with Crippen molar-refractivity contribution >= 4 is 41.4 Å². The van der Waals surface area contributed by atoms with E-state index in [0.29, 0.717) is 11.2 Å². The summed E-state index contributed by atoms with van der Waals surface area (Å²) in [4.78, 5) is 39.1. The first-order valence-electron chi connectivity index (χ1n) is 11.1. The van der Waals surface area contributed by atoms with E-state index in [0.717, 1.165) is 44.7 Å². The number of carbonyl (C=O) groups is 3. The van der Waals surface area contributed by atoms with Gasteiger partial charge < -0.3 is 19.8 Å². The zero-order chi connectivity index (χ0) is 23.5. The minimum atomic E-state index is -0.891. The molecule has 0 atom stereocenters. The largest absolute Gasteiger partial charge is 0.462 e. The fourth-order valence-corrected chi connectivity index (χ4v) is 4.74. The minimum Gasteiger partial charge on any atom is -0.462 e. The van der Waals surface area contributed by atoms with Crippen LogP contribution in [0.2, 0.25) is 0 Å². The molecule has 0 radical (unpaired) electrons. The highest BCUT2D eigenvalue weighted by atomic mass is 32.2. The number of thioether (sulfide) groups is 1. The third-order valence-corrected chi connectivity index (χ3v) is 6.54. The van der Waals surface area contributed by atoms with Crippen LogP contribution in [-0.4, -0.2) is 58.0 Å². The van der Waals surface area contributed by atoms with Crippen molar-refractivity contribution in [3.63, 3.8) is 0 Å². The standard InChI is InChI=1S/C21H28N6O5S/c1-3-31-19(30)15-12(2)32-18(16(15)17(22)29)23-14(28)11-33-21-25-24-20(27(21)13-7-8-13)26-9-5-4-6-10-26/h13H,3-11H2,1-2H3,(H2,22,29)(H,23,28). The van der Waals surface area contributed by atoms with Crippen molar-refractivity contribution in [3.05, 3.63) is 16.9 Å². The normalized spacial score (nSPS) is 16.0. The Hall–Kier alpha value is -3.02. The number of amides is 2. The molecular formula is C21H28N6O5S. The smallest absolute Gasteiger partial charge is 0.342 e. The fourth-order valence-electron chi connectivity index (χ4n) is 3.94. The summed E-state index contributed by atoms with van der Waals surface area (Å²) in [6, 6.07) is 0.365. The van der Waals surface area contributed by atoms with Gasteiger partial charge in [0.15, 0.2) is 5.16 Å². The number of ether oxygens (including phenoxy) is 1. The molecule has 3 N–H and O–H groups in total. The van der Waals surface area contributed by atoms with Crippen LogP contribution in [0, 0.1) is 6.92 Å². The van der Waals surface area contributed by atoms with Crippen molar-refractivity contribution in [1.82, 2.24) is 14.8 Å². The maximum Gasteiger partial charge on any atom is 0.342 e. The minimum absolute atomic E-state index is 0.0253. The van der Waals surface area contributed by atoms with Crippen molar-refractivity contribution < 1.29 is 23.5 Å². The van der Waals surface area contributed by atoms with Gasteiger partial charge in [0.1, 0.15) is 16.9 Å². The Bertz CT molecular complexity index is 1050. The van der Waals surface area contributed by atoms with E-state index in [-0.39, 0.29) is 35.1 Å². The molecule has 0 aromatic carbocycles. The lowest BCUT2D eigenvalue weighted by molar-refractivity contribution is -0.113. The highest BCUT2D eigenvalue weighted by molar-refractivity contribution is 7.99. The van der Waals surface area contributed by atoms with E-state index in [2.05, 4.69) is 25.0 Å². The van der Waals surface area contributed by atoms with Crippen LogP contribution in [-0.2, 0) is 9.53 Å². The summed E-state index contributed by atoms with van der Waals surface area (Å²) in [6.07, 6.45) is 5.65. The SMILES string of the molecule is CCOC(=O)c1c(C)oc(NC(=O)CSc2nnc(N3CCCCC3)n2C2CC2)c1C(N)=O. The maximum absolute atomic E-state index is 12.7. The summed E-state index contributed by atoms with van der Waals surface area (Å²) >= 11 is 1.27. The zero-order valence-electron chi connectivity index (χ0n) is 18.8. The van der Waals surface area contributed by atoms with Crippen LogP contribution in [0.4, 0.5) is 11.8 Å². The average molecular weight is 477 g/mol. The number of piperidine rings is 1. The number of carbonyl (C=O) groups excluding carboxylic acids is 3. The third kappa shape index (κ3) is 5.00. The molecule has 12 heteroatoms. The number of nitrogens with two attached hydrogens (primary N) is 1. The molecule has 2 amide bonds. The molecule has 1 saturated heterocycles. The summed E-state index contributed by atoms with van der Waals surface area (Å²) in [5, 5.41) is 12.0. The van der Waals surface area contributed by atoms with Gasteiger partial charge in [-0.15, -0.1) is 10.2 Å². The summed E-state index contributed by atoms with van der Waals surface area (Å²) in [5.41, 5.74) is 5.17. The Labute approximate surface area is 195 Å². The number of anilines is 2. The van der Waals surface area contributed by atoms with Gasteiger partial charge >= 0.3 is 5.97 Å². The average Bonchev–Trinajstić information content (AvgIpc) is 3.45. The molecule has 2 aromatic heterocycles. The highest BCUT2D eigenvalue weighted by Gasteiger charge is 2.33. The molecule has 2 aliphatic rings. The number of aryl methyl sites for hydroxylation is 1. The molecule has 2 aromatic rings. The molecule has 1 saturated carbocycles. The maximum atomic E-state index is 12.7. The number of hydrogen-bond acceptors (Lipinski definition) is 9. The van der Waals surface area contributed by atoms with Crippen LogP contribution in [0.3, 0.4) is 0 Å². The molecule has 3 heterocycles. The number of esters is 1. The van der Waals surface area contributed by atoms with E-state index in [4.69, 9.17) is 14.9 Å². The molecule has 0 spiro atoms. The van der Waals surface area contributed by atoms with Gasteiger partial charge in [-0.1, -0.05) is 11.8 Å². The van der Waals surface area contributed by atoms with E-state index in [1.807, 2.05) is 0 Å². The topological polar surface area (TPSA) is 146 Å². The molecule has 0 bridgehead atoms. The van der Waals surface area contributed by atoms with Crippen LogP contribution in [0.5, 0.6) is 0 Å². The predicted molar refractivity (Wildman–Crippen MR) is 122 cm³/mol. The van der Waals surface area contributed by atoms with Gasteiger partial charge in [0, 0.05) is 19.1 Å². The number of aromatic nitrogens is 3. The summed E-state index contributed by atoms with van der Waals surface area (Å²) < 4.78 is 12.6. The van der Waals surface area contributed by atoms with E-state index < -0.39 is 17.8 Å². The number of furan rings is 1. The number of hydrogen-bond donors (Lipinski definition) is 2. The first-order valence-corrected chi connectivity index (χ1v) is 12.1. The van der Waals surface area contributed by atoms with Crippen molar-refractivity contribution in [2.24, 2.45) is 5.73 Å². The second-order valence-corrected chi connectivity index (χ2v) is 9.03. The van der Waals surface area contributed by atoms with Gasteiger partial charge in [-0.3, -0.25) is 19.5 Å². The lowest BCUT2D eigenvalue weighted by Crippen LogP contribution is -2.32. The van der Waals surface area contributed by atoms with Crippen molar-refractivity contribution in [2.45, 2.75) is 57.1 Å². The summed E-state index contributed by atoms with van der Waals surface area (Å²) in [5.74, 6) is -1.16.